The lowest BCUT2D eigenvalue weighted by atomic mass is 10.4. The summed E-state index contributed by atoms with van der Waals surface area (Å²) in [6.45, 7) is 2.20. The second-order valence-corrected chi connectivity index (χ2v) is 4.84. The quantitative estimate of drug-likeness (QED) is 0.470. The van der Waals surface area contributed by atoms with Crippen LogP contribution in [0.25, 0.3) is 0 Å². The van der Waals surface area contributed by atoms with E-state index in [4.69, 9.17) is 11.6 Å². The van der Waals surface area contributed by atoms with Crippen LogP contribution in [-0.2, 0) is 0 Å². The lowest BCUT2D eigenvalue weighted by Gasteiger charge is -2.03. The van der Waals surface area contributed by atoms with Crippen molar-refractivity contribution in [3.05, 3.63) is 0 Å². The van der Waals surface area contributed by atoms with Gasteiger partial charge >= 0.3 is 0 Å². The molecule has 0 rings (SSSR count). The zero-order valence-corrected chi connectivity index (χ0v) is 7.57. The van der Waals surface area contributed by atoms with Crippen molar-refractivity contribution in [2.75, 3.05) is 12.1 Å². The summed E-state index contributed by atoms with van der Waals surface area (Å²) < 4.78 is 0. The Labute approximate surface area is 64.1 Å². The zero-order chi connectivity index (χ0) is 6.41. The summed E-state index contributed by atoms with van der Waals surface area (Å²) in [5, 5.41) is 0.711. The molecule has 0 saturated carbocycles. The van der Waals surface area contributed by atoms with Crippen LogP contribution < -0.4 is 0 Å². The molecule has 0 aromatic heterocycles. The molecule has 0 spiro atoms. The first-order chi connectivity index (χ1) is 3.81. The second kappa shape index (κ2) is 6.12. The molecular formula is C5H11ClS2. The third-order valence-corrected chi connectivity index (χ3v) is 3.31. The number of halogens is 1. The Kier molecular flexibility index (Phi) is 6.87. The largest absolute Gasteiger partial charge is 0.127 e. The van der Waals surface area contributed by atoms with Crippen molar-refractivity contribution in [1.82, 2.24) is 0 Å². The van der Waals surface area contributed by atoms with Gasteiger partial charge in [0, 0.05) is 11.1 Å². The van der Waals surface area contributed by atoms with E-state index in [0.29, 0.717) is 5.25 Å². The van der Waals surface area contributed by atoms with Gasteiger partial charge in [0.1, 0.15) is 0 Å². The maximum Gasteiger partial charge on any atom is 0.0234 e. The van der Waals surface area contributed by atoms with Crippen molar-refractivity contribution in [2.24, 2.45) is 0 Å². The minimum Gasteiger partial charge on any atom is -0.127 e. The van der Waals surface area contributed by atoms with E-state index in [0.717, 1.165) is 12.3 Å². The molecule has 0 aliphatic heterocycles. The van der Waals surface area contributed by atoms with Gasteiger partial charge in [0.25, 0.3) is 0 Å². The lowest BCUT2D eigenvalue weighted by Crippen LogP contribution is -1.93. The standard InChI is InChI=1S/C5H11ClS2/c1-5(3-4-6)8-7-2/h5H,3-4H2,1-2H3. The van der Waals surface area contributed by atoms with Crippen molar-refractivity contribution >= 4 is 33.2 Å². The molecule has 0 N–H and O–H groups in total. The van der Waals surface area contributed by atoms with Crippen molar-refractivity contribution in [3.8, 4) is 0 Å². The fourth-order valence-electron chi connectivity index (χ4n) is 0.366. The SMILES string of the molecule is CSSC(C)CCCl. The Bertz CT molecular complexity index is 43.7. The molecule has 8 heavy (non-hydrogen) atoms. The van der Waals surface area contributed by atoms with E-state index in [1.807, 2.05) is 21.6 Å². The Hall–Kier alpha value is 0.990. The summed E-state index contributed by atoms with van der Waals surface area (Å²) in [6.07, 6.45) is 3.21. The molecule has 0 aromatic rings. The van der Waals surface area contributed by atoms with Crippen LogP contribution >= 0.6 is 33.2 Å². The first kappa shape index (κ1) is 8.99. The van der Waals surface area contributed by atoms with Gasteiger partial charge in [-0.25, -0.2) is 0 Å². The molecule has 0 saturated heterocycles. The molecule has 0 heterocycles. The van der Waals surface area contributed by atoms with Gasteiger partial charge in [-0.05, 0) is 12.7 Å². The zero-order valence-electron chi connectivity index (χ0n) is 5.19. The first-order valence-corrected chi connectivity index (χ1v) is 5.72. The maximum absolute atomic E-state index is 5.51. The van der Waals surface area contributed by atoms with Gasteiger partial charge < -0.3 is 0 Å². The Morgan fingerprint density at radius 1 is 1.62 bits per heavy atom. The summed E-state index contributed by atoms with van der Waals surface area (Å²) >= 11 is 5.51. The summed E-state index contributed by atoms with van der Waals surface area (Å²) in [4.78, 5) is 0. The molecule has 0 aliphatic rings. The van der Waals surface area contributed by atoms with Crippen LogP contribution in [0, 0.1) is 0 Å². The van der Waals surface area contributed by atoms with Crippen molar-refractivity contribution in [1.29, 1.82) is 0 Å². The van der Waals surface area contributed by atoms with E-state index in [2.05, 4.69) is 13.2 Å². The van der Waals surface area contributed by atoms with Crippen LogP contribution in [0.1, 0.15) is 13.3 Å². The minimum atomic E-state index is 0.711. The molecule has 0 aromatic carbocycles. The van der Waals surface area contributed by atoms with E-state index in [1.165, 1.54) is 0 Å². The third kappa shape index (κ3) is 5.13. The van der Waals surface area contributed by atoms with Crippen LogP contribution in [0.15, 0.2) is 0 Å². The van der Waals surface area contributed by atoms with Crippen LogP contribution in [0.2, 0.25) is 0 Å². The summed E-state index contributed by atoms with van der Waals surface area (Å²) in [6, 6.07) is 0. The Morgan fingerprint density at radius 3 is 2.62 bits per heavy atom. The number of hydrogen-bond donors (Lipinski definition) is 0. The minimum absolute atomic E-state index is 0.711. The van der Waals surface area contributed by atoms with Gasteiger partial charge in [0.05, 0.1) is 0 Å². The van der Waals surface area contributed by atoms with Gasteiger partial charge in [-0.2, -0.15) is 0 Å². The van der Waals surface area contributed by atoms with Crippen molar-refractivity contribution in [2.45, 2.75) is 18.6 Å². The van der Waals surface area contributed by atoms with E-state index in [9.17, 15) is 0 Å². The highest BCUT2D eigenvalue weighted by Crippen LogP contribution is 2.25. The molecule has 50 valence electrons. The summed E-state index contributed by atoms with van der Waals surface area (Å²) in [5.74, 6) is 0.786. The molecule has 0 fully saturated rings. The first-order valence-electron chi connectivity index (χ1n) is 2.56. The average molecular weight is 171 g/mol. The van der Waals surface area contributed by atoms with Crippen LogP contribution in [0.4, 0.5) is 0 Å². The summed E-state index contributed by atoms with van der Waals surface area (Å²) in [5.41, 5.74) is 0. The molecule has 3 heteroatoms. The lowest BCUT2D eigenvalue weighted by molar-refractivity contribution is 0.919. The van der Waals surface area contributed by atoms with E-state index >= 15 is 0 Å². The molecule has 0 aliphatic carbocycles. The third-order valence-electron chi connectivity index (χ3n) is 0.776. The van der Waals surface area contributed by atoms with Gasteiger partial charge in [-0.1, -0.05) is 28.5 Å². The Morgan fingerprint density at radius 2 is 2.25 bits per heavy atom. The second-order valence-electron chi connectivity index (χ2n) is 1.55. The van der Waals surface area contributed by atoms with Crippen LogP contribution in [0.5, 0.6) is 0 Å². The number of hydrogen-bond acceptors (Lipinski definition) is 2. The summed E-state index contributed by atoms with van der Waals surface area (Å²) in [7, 11) is 3.70. The molecular weight excluding hydrogens is 160 g/mol. The normalized spacial score (nSPS) is 13.9. The van der Waals surface area contributed by atoms with Crippen molar-refractivity contribution < 1.29 is 0 Å². The highest BCUT2D eigenvalue weighted by atomic mass is 35.5. The van der Waals surface area contributed by atoms with Crippen molar-refractivity contribution in [3.63, 3.8) is 0 Å². The van der Waals surface area contributed by atoms with Gasteiger partial charge in [0.2, 0.25) is 0 Å². The molecule has 1 unspecified atom stereocenters. The maximum atomic E-state index is 5.51. The van der Waals surface area contributed by atoms with E-state index in [1.54, 1.807) is 0 Å². The van der Waals surface area contributed by atoms with Crippen LogP contribution in [-0.4, -0.2) is 17.4 Å². The molecule has 0 radical (unpaired) electrons. The fraction of sp³-hybridized carbons (Fsp3) is 1.00. The monoisotopic (exact) mass is 170 g/mol. The van der Waals surface area contributed by atoms with E-state index in [-0.39, 0.29) is 0 Å². The van der Waals surface area contributed by atoms with Gasteiger partial charge in [0.15, 0.2) is 0 Å². The van der Waals surface area contributed by atoms with E-state index < -0.39 is 0 Å². The molecule has 0 amide bonds. The van der Waals surface area contributed by atoms with Gasteiger partial charge in [-0.3, -0.25) is 0 Å². The Balaban J connectivity index is 2.92. The number of alkyl halides is 1. The average Bonchev–Trinajstić information content (AvgIpc) is 1.68. The van der Waals surface area contributed by atoms with Gasteiger partial charge in [-0.15, -0.1) is 11.6 Å². The number of rotatable bonds is 4. The molecule has 1 atom stereocenters. The molecule has 0 bridgehead atoms. The molecule has 0 nitrogen and oxygen atoms in total. The highest BCUT2D eigenvalue weighted by Gasteiger charge is 1.97. The van der Waals surface area contributed by atoms with Crippen LogP contribution in [0.3, 0.4) is 0 Å². The smallest absolute Gasteiger partial charge is 0.0234 e. The topological polar surface area (TPSA) is 0 Å². The predicted molar refractivity (Wildman–Crippen MR) is 45.9 cm³/mol. The predicted octanol–water partition coefficient (Wildman–Crippen LogP) is 3.02. The fourth-order valence-corrected chi connectivity index (χ4v) is 2.64. The highest BCUT2D eigenvalue weighted by molar-refractivity contribution is 8.76.